The van der Waals surface area contributed by atoms with Crippen molar-refractivity contribution in [2.24, 2.45) is 0 Å². The van der Waals surface area contributed by atoms with E-state index in [2.05, 4.69) is 4.98 Å². The Balaban J connectivity index is 1.32. The highest BCUT2D eigenvalue weighted by atomic mass is 19.4. The summed E-state index contributed by atoms with van der Waals surface area (Å²) < 4.78 is 38.1. The third kappa shape index (κ3) is 4.81. The second kappa shape index (κ2) is 8.56. The lowest BCUT2D eigenvalue weighted by Crippen LogP contribution is -2.49. The molecular weight excluding hydrogens is 409 g/mol. The van der Waals surface area contributed by atoms with E-state index < -0.39 is 11.7 Å². The first-order valence-corrected chi connectivity index (χ1v) is 10.3. The fourth-order valence-corrected chi connectivity index (χ4v) is 3.91. The van der Waals surface area contributed by atoms with Gasteiger partial charge in [0.05, 0.1) is 5.56 Å². The van der Waals surface area contributed by atoms with Gasteiger partial charge in [0.15, 0.2) is 0 Å². The van der Waals surface area contributed by atoms with Crippen molar-refractivity contribution in [3.05, 3.63) is 59.3 Å². The number of benzene rings is 1. The monoisotopic (exact) mass is 432 g/mol. The van der Waals surface area contributed by atoms with E-state index in [0.29, 0.717) is 50.5 Å². The van der Waals surface area contributed by atoms with E-state index in [0.717, 1.165) is 30.8 Å². The molecule has 0 spiro atoms. The molecule has 9 heteroatoms. The zero-order valence-corrected chi connectivity index (χ0v) is 16.9. The van der Waals surface area contributed by atoms with Crippen LogP contribution >= 0.6 is 0 Å². The summed E-state index contributed by atoms with van der Waals surface area (Å²) in [6.45, 7) is 3.26. The third-order valence-electron chi connectivity index (χ3n) is 5.71. The number of aromatic nitrogens is 1. The fraction of sp³-hybridized carbons (Fsp3) is 0.409. The molecule has 0 atom stereocenters. The maximum absolute atomic E-state index is 12.8. The number of hydrogen-bond acceptors (Lipinski definition) is 4. The number of nitrogens with zero attached hydrogens (tertiary/aromatic N) is 4. The van der Waals surface area contributed by atoms with Gasteiger partial charge in [0, 0.05) is 57.4 Å². The van der Waals surface area contributed by atoms with E-state index in [9.17, 15) is 22.8 Å². The first kappa shape index (κ1) is 21.1. The molecule has 6 nitrogen and oxygen atoms in total. The van der Waals surface area contributed by atoms with Crippen LogP contribution in [0.15, 0.2) is 42.6 Å². The van der Waals surface area contributed by atoms with Gasteiger partial charge in [-0.2, -0.15) is 13.2 Å². The van der Waals surface area contributed by atoms with E-state index in [1.807, 2.05) is 21.9 Å². The summed E-state index contributed by atoms with van der Waals surface area (Å²) in [7, 11) is 0. The minimum absolute atomic E-state index is 0.0798. The SMILES string of the molecule is O=C1CCCN1Cc1ccc(C(=O)N2CCN(c3ccc(C(F)(F)F)cn3)CC2)cc1. The van der Waals surface area contributed by atoms with Crippen molar-refractivity contribution in [2.75, 3.05) is 37.6 Å². The van der Waals surface area contributed by atoms with Gasteiger partial charge in [-0.3, -0.25) is 9.59 Å². The quantitative estimate of drug-likeness (QED) is 0.745. The van der Waals surface area contributed by atoms with Gasteiger partial charge in [-0.1, -0.05) is 12.1 Å². The van der Waals surface area contributed by atoms with E-state index in [1.165, 1.54) is 6.07 Å². The first-order chi connectivity index (χ1) is 14.8. The molecule has 164 valence electrons. The van der Waals surface area contributed by atoms with E-state index in [-0.39, 0.29) is 11.8 Å². The highest BCUT2D eigenvalue weighted by Gasteiger charge is 2.31. The van der Waals surface area contributed by atoms with Crippen molar-refractivity contribution < 1.29 is 22.8 Å². The van der Waals surface area contributed by atoms with E-state index in [1.54, 1.807) is 17.0 Å². The van der Waals surface area contributed by atoms with Gasteiger partial charge in [-0.05, 0) is 36.2 Å². The molecule has 1 aromatic carbocycles. The summed E-state index contributed by atoms with van der Waals surface area (Å²) in [5.41, 5.74) is 0.796. The number of hydrogen-bond donors (Lipinski definition) is 0. The largest absolute Gasteiger partial charge is 0.417 e. The van der Waals surface area contributed by atoms with Gasteiger partial charge in [0.25, 0.3) is 5.91 Å². The van der Waals surface area contributed by atoms with Gasteiger partial charge in [0.2, 0.25) is 5.91 Å². The maximum Gasteiger partial charge on any atom is 0.417 e. The molecule has 3 heterocycles. The first-order valence-electron chi connectivity index (χ1n) is 10.3. The van der Waals surface area contributed by atoms with Gasteiger partial charge in [-0.15, -0.1) is 0 Å². The van der Waals surface area contributed by atoms with Crippen LogP contribution in [0.2, 0.25) is 0 Å². The molecule has 1 aromatic heterocycles. The van der Waals surface area contributed by atoms with Gasteiger partial charge >= 0.3 is 6.18 Å². The van der Waals surface area contributed by atoms with Crippen LogP contribution in [0.1, 0.15) is 34.3 Å². The third-order valence-corrected chi connectivity index (χ3v) is 5.71. The minimum Gasteiger partial charge on any atom is -0.353 e. The Bertz CT molecular complexity index is 937. The topological polar surface area (TPSA) is 56.8 Å². The number of anilines is 1. The van der Waals surface area contributed by atoms with Gasteiger partial charge in [0.1, 0.15) is 5.82 Å². The number of alkyl halides is 3. The molecule has 4 rings (SSSR count). The Morgan fingerprint density at radius 1 is 0.968 bits per heavy atom. The Hall–Kier alpha value is -3.10. The molecular formula is C22H23F3N4O2. The van der Waals surface area contributed by atoms with Crippen molar-refractivity contribution in [1.29, 1.82) is 0 Å². The molecule has 0 radical (unpaired) electrons. The summed E-state index contributed by atoms with van der Waals surface area (Å²) in [5, 5.41) is 0. The molecule has 2 aliphatic rings. The average molecular weight is 432 g/mol. The summed E-state index contributed by atoms with van der Waals surface area (Å²) in [6, 6.07) is 9.70. The highest BCUT2D eigenvalue weighted by Crippen LogP contribution is 2.29. The molecule has 0 unspecified atom stereocenters. The zero-order valence-electron chi connectivity index (χ0n) is 16.9. The molecule has 2 aliphatic heterocycles. The molecule has 2 aromatic rings. The zero-order chi connectivity index (χ0) is 22.0. The van der Waals surface area contributed by atoms with Gasteiger partial charge in [-0.25, -0.2) is 4.98 Å². The lowest BCUT2D eigenvalue weighted by molar-refractivity contribution is -0.137. The predicted octanol–water partition coefficient (Wildman–Crippen LogP) is 3.19. The Morgan fingerprint density at radius 3 is 2.23 bits per heavy atom. The Labute approximate surface area is 178 Å². The number of pyridine rings is 1. The molecule has 0 N–H and O–H groups in total. The number of amides is 2. The predicted molar refractivity (Wildman–Crippen MR) is 108 cm³/mol. The number of piperazine rings is 1. The van der Waals surface area contributed by atoms with Crippen LogP contribution in [0, 0.1) is 0 Å². The summed E-state index contributed by atoms with van der Waals surface area (Å²) in [6.07, 6.45) is -2.08. The van der Waals surface area contributed by atoms with Crippen molar-refractivity contribution in [3.63, 3.8) is 0 Å². The fourth-order valence-electron chi connectivity index (χ4n) is 3.91. The number of rotatable bonds is 4. The van der Waals surface area contributed by atoms with Crippen LogP contribution in [0.25, 0.3) is 0 Å². The minimum atomic E-state index is -4.41. The van der Waals surface area contributed by atoms with Crippen LogP contribution in [-0.4, -0.2) is 59.3 Å². The Morgan fingerprint density at radius 2 is 1.68 bits per heavy atom. The summed E-state index contributed by atoms with van der Waals surface area (Å²) >= 11 is 0. The summed E-state index contributed by atoms with van der Waals surface area (Å²) in [4.78, 5) is 33.9. The normalized spacial score (nSPS) is 17.4. The highest BCUT2D eigenvalue weighted by molar-refractivity contribution is 5.94. The second-order valence-electron chi connectivity index (χ2n) is 7.80. The molecule has 0 aliphatic carbocycles. The summed E-state index contributed by atoms with van der Waals surface area (Å²) in [5.74, 6) is 0.560. The van der Waals surface area contributed by atoms with Crippen molar-refractivity contribution >= 4 is 17.6 Å². The maximum atomic E-state index is 12.8. The van der Waals surface area contributed by atoms with Crippen molar-refractivity contribution in [1.82, 2.24) is 14.8 Å². The van der Waals surface area contributed by atoms with Crippen LogP contribution in [0.5, 0.6) is 0 Å². The lowest BCUT2D eigenvalue weighted by Gasteiger charge is -2.35. The average Bonchev–Trinajstić information content (AvgIpc) is 3.18. The van der Waals surface area contributed by atoms with Crippen LogP contribution < -0.4 is 4.90 Å². The Kier molecular flexibility index (Phi) is 5.84. The number of likely N-dealkylation sites (tertiary alicyclic amines) is 1. The molecule has 2 fully saturated rings. The van der Waals surface area contributed by atoms with Crippen molar-refractivity contribution in [3.8, 4) is 0 Å². The van der Waals surface area contributed by atoms with Crippen LogP contribution in [0.3, 0.4) is 0 Å². The number of carbonyl (C=O) groups excluding carboxylic acids is 2. The van der Waals surface area contributed by atoms with Crippen LogP contribution in [0.4, 0.5) is 19.0 Å². The van der Waals surface area contributed by atoms with Crippen molar-refractivity contribution in [2.45, 2.75) is 25.6 Å². The van der Waals surface area contributed by atoms with Crippen LogP contribution in [-0.2, 0) is 17.5 Å². The standard InChI is InChI=1S/C22H23F3N4O2/c23-22(24,25)18-7-8-19(26-14-18)27-10-12-28(13-11-27)21(31)17-5-3-16(4-6-17)15-29-9-1-2-20(29)30/h3-8,14H,1-2,9-13,15H2. The number of carbonyl (C=O) groups is 2. The molecule has 2 saturated heterocycles. The smallest absolute Gasteiger partial charge is 0.353 e. The second-order valence-corrected chi connectivity index (χ2v) is 7.80. The van der Waals surface area contributed by atoms with Gasteiger partial charge < -0.3 is 14.7 Å². The van der Waals surface area contributed by atoms with E-state index in [4.69, 9.17) is 0 Å². The molecule has 0 bridgehead atoms. The molecule has 2 amide bonds. The molecule has 0 saturated carbocycles. The lowest BCUT2D eigenvalue weighted by atomic mass is 10.1. The van der Waals surface area contributed by atoms with E-state index >= 15 is 0 Å². The number of halogens is 3. The molecule has 31 heavy (non-hydrogen) atoms.